The summed E-state index contributed by atoms with van der Waals surface area (Å²) in [5.74, 6) is -0.779. The van der Waals surface area contributed by atoms with E-state index in [1.54, 1.807) is 0 Å². The number of nitrogens with one attached hydrogen (secondary N) is 2. The first-order valence-corrected chi connectivity index (χ1v) is 9.02. The molecule has 3 rings (SSSR count). The first-order valence-electron chi connectivity index (χ1n) is 9.02. The average molecular weight is 365 g/mol. The Balaban J connectivity index is 1.73. The van der Waals surface area contributed by atoms with E-state index in [0.717, 1.165) is 10.5 Å². The molecule has 1 fully saturated rings. The minimum atomic E-state index is -1.12. The number of benzene rings is 2. The third-order valence-electron chi connectivity index (χ3n) is 4.95. The van der Waals surface area contributed by atoms with E-state index in [2.05, 4.69) is 10.6 Å². The number of rotatable bonds is 6. The Bertz CT molecular complexity index is 838. The second-order valence-electron chi connectivity index (χ2n) is 6.65. The zero-order valence-electron chi connectivity index (χ0n) is 15.4. The summed E-state index contributed by atoms with van der Waals surface area (Å²) in [5, 5.41) is 5.62. The van der Waals surface area contributed by atoms with E-state index < -0.39 is 17.5 Å². The van der Waals surface area contributed by atoms with E-state index in [1.165, 1.54) is 0 Å². The van der Waals surface area contributed by atoms with Crippen LogP contribution in [0.4, 0.5) is 4.79 Å². The van der Waals surface area contributed by atoms with E-state index in [-0.39, 0.29) is 18.5 Å². The van der Waals surface area contributed by atoms with Crippen molar-refractivity contribution in [2.45, 2.75) is 31.8 Å². The molecule has 0 spiro atoms. The fraction of sp³-hybridized carbons (Fsp3) is 0.286. The Kier molecular flexibility index (Phi) is 5.26. The predicted molar refractivity (Wildman–Crippen MR) is 102 cm³/mol. The van der Waals surface area contributed by atoms with Gasteiger partial charge in [0.2, 0.25) is 5.91 Å². The lowest BCUT2D eigenvalue weighted by Gasteiger charge is -2.25. The largest absolute Gasteiger partial charge is 0.348 e. The number of hydrogen-bond acceptors (Lipinski definition) is 3. The molecule has 140 valence electrons. The van der Waals surface area contributed by atoms with Gasteiger partial charge in [-0.3, -0.25) is 14.5 Å². The summed E-state index contributed by atoms with van der Waals surface area (Å²) in [6.07, 6.45) is 0.403. The molecule has 1 aliphatic rings. The third kappa shape index (κ3) is 3.56. The molecule has 0 aliphatic carbocycles. The van der Waals surface area contributed by atoms with Crippen LogP contribution in [-0.4, -0.2) is 29.3 Å². The van der Waals surface area contributed by atoms with Gasteiger partial charge < -0.3 is 10.6 Å². The first-order chi connectivity index (χ1) is 13.0. The maximum Gasteiger partial charge on any atom is 0.325 e. The molecular weight excluding hydrogens is 342 g/mol. The van der Waals surface area contributed by atoms with E-state index in [0.29, 0.717) is 12.0 Å². The molecule has 2 N–H and O–H groups in total. The van der Waals surface area contributed by atoms with Crippen LogP contribution in [0.1, 0.15) is 37.4 Å². The molecule has 2 atom stereocenters. The highest BCUT2D eigenvalue weighted by molar-refractivity contribution is 6.09. The lowest BCUT2D eigenvalue weighted by atomic mass is 9.87. The molecular formula is C21H23N3O3. The minimum Gasteiger partial charge on any atom is -0.348 e. The highest BCUT2D eigenvalue weighted by Crippen LogP contribution is 2.32. The van der Waals surface area contributed by atoms with Crippen LogP contribution in [0.3, 0.4) is 0 Å². The zero-order chi connectivity index (χ0) is 19.4. The Morgan fingerprint density at radius 1 is 1.07 bits per heavy atom. The summed E-state index contributed by atoms with van der Waals surface area (Å²) in [5.41, 5.74) is 0.547. The van der Waals surface area contributed by atoms with Crippen LogP contribution in [-0.2, 0) is 15.1 Å². The standard InChI is InChI=1S/C21H23N3O3/c1-3-21(17-12-8-5-9-13-17)19(26)24(20(27)23-21)14-18(25)22-15(2)16-10-6-4-7-11-16/h4-13,15H,3,14H2,1-2H3,(H,22,25)(H,23,27)/t15-,21+/m1/s1. The summed E-state index contributed by atoms with van der Waals surface area (Å²) < 4.78 is 0. The smallest absolute Gasteiger partial charge is 0.325 e. The van der Waals surface area contributed by atoms with Crippen molar-refractivity contribution in [3.63, 3.8) is 0 Å². The number of nitrogens with zero attached hydrogens (tertiary/aromatic N) is 1. The van der Waals surface area contributed by atoms with Gasteiger partial charge in [0, 0.05) is 0 Å². The lowest BCUT2D eigenvalue weighted by Crippen LogP contribution is -2.45. The van der Waals surface area contributed by atoms with Crippen molar-refractivity contribution in [2.24, 2.45) is 0 Å². The minimum absolute atomic E-state index is 0.218. The average Bonchev–Trinajstić information content (AvgIpc) is 2.94. The van der Waals surface area contributed by atoms with Crippen molar-refractivity contribution < 1.29 is 14.4 Å². The van der Waals surface area contributed by atoms with Gasteiger partial charge in [-0.25, -0.2) is 4.79 Å². The molecule has 2 aromatic rings. The second kappa shape index (κ2) is 7.61. The van der Waals surface area contributed by atoms with E-state index in [4.69, 9.17) is 0 Å². The molecule has 6 heteroatoms. The number of carbonyl (C=O) groups is 3. The maximum absolute atomic E-state index is 13.0. The lowest BCUT2D eigenvalue weighted by molar-refractivity contribution is -0.135. The van der Waals surface area contributed by atoms with E-state index >= 15 is 0 Å². The number of imide groups is 1. The number of amides is 4. The van der Waals surface area contributed by atoms with E-state index in [9.17, 15) is 14.4 Å². The van der Waals surface area contributed by atoms with Crippen molar-refractivity contribution in [3.8, 4) is 0 Å². The van der Waals surface area contributed by atoms with Gasteiger partial charge in [0.1, 0.15) is 12.1 Å². The Hall–Kier alpha value is -3.15. The van der Waals surface area contributed by atoms with Crippen LogP contribution in [0.5, 0.6) is 0 Å². The molecule has 27 heavy (non-hydrogen) atoms. The van der Waals surface area contributed by atoms with Gasteiger partial charge in [0.25, 0.3) is 5.91 Å². The van der Waals surface area contributed by atoms with Crippen molar-refractivity contribution in [1.82, 2.24) is 15.5 Å². The fourth-order valence-electron chi connectivity index (χ4n) is 3.39. The van der Waals surface area contributed by atoms with Crippen molar-refractivity contribution in [2.75, 3.05) is 6.54 Å². The summed E-state index contributed by atoms with van der Waals surface area (Å²) in [4.78, 5) is 38.9. The Morgan fingerprint density at radius 3 is 2.26 bits per heavy atom. The molecule has 4 amide bonds. The van der Waals surface area contributed by atoms with Crippen LogP contribution in [0, 0.1) is 0 Å². The van der Waals surface area contributed by atoms with Gasteiger partial charge in [0.05, 0.1) is 6.04 Å². The highest BCUT2D eigenvalue weighted by Gasteiger charge is 2.51. The SMILES string of the molecule is CC[C@@]1(c2ccccc2)NC(=O)N(CC(=O)N[C@H](C)c2ccccc2)C1=O. The van der Waals surface area contributed by atoms with Gasteiger partial charge in [-0.15, -0.1) is 0 Å². The second-order valence-corrected chi connectivity index (χ2v) is 6.65. The fourth-order valence-corrected chi connectivity index (χ4v) is 3.39. The summed E-state index contributed by atoms with van der Waals surface area (Å²) in [6, 6.07) is 17.9. The van der Waals surface area contributed by atoms with Gasteiger partial charge in [0.15, 0.2) is 0 Å². The van der Waals surface area contributed by atoms with Crippen molar-refractivity contribution >= 4 is 17.8 Å². The Labute approximate surface area is 158 Å². The summed E-state index contributed by atoms with van der Waals surface area (Å²) in [6.45, 7) is 3.39. The quantitative estimate of drug-likeness (QED) is 0.773. The van der Waals surface area contributed by atoms with Gasteiger partial charge >= 0.3 is 6.03 Å². The molecule has 0 radical (unpaired) electrons. The topological polar surface area (TPSA) is 78.5 Å². The zero-order valence-corrected chi connectivity index (χ0v) is 15.4. The van der Waals surface area contributed by atoms with Gasteiger partial charge in [-0.1, -0.05) is 67.6 Å². The molecule has 0 aromatic heterocycles. The molecule has 0 bridgehead atoms. The Morgan fingerprint density at radius 2 is 1.67 bits per heavy atom. The maximum atomic E-state index is 13.0. The normalized spacial score (nSPS) is 20.3. The molecule has 2 aromatic carbocycles. The van der Waals surface area contributed by atoms with Crippen LogP contribution in [0.2, 0.25) is 0 Å². The predicted octanol–water partition coefficient (Wildman–Crippen LogP) is 2.72. The van der Waals surface area contributed by atoms with Gasteiger partial charge in [-0.2, -0.15) is 0 Å². The highest BCUT2D eigenvalue weighted by atomic mass is 16.2. The molecule has 1 saturated heterocycles. The number of carbonyl (C=O) groups excluding carboxylic acids is 3. The number of hydrogen-bond donors (Lipinski definition) is 2. The van der Waals surface area contributed by atoms with Crippen LogP contribution in [0.25, 0.3) is 0 Å². The van der Waals surface area contributed by atoms with Crippen molar-refractivity contribution in [1.29, 1.82) is 0 Å². The van der Waals surface area contributed by atoms with Crippen LogP contribution in [0.15, 0.2) is 60.7 Å². The molecule has 0 saturated carbocycles. The van der Waals surface area contributed by atoms with Crippen LogP contribution < -0.4 is 10.6 Å². The first kappa shape index (κ1) is 18.6. The summed E-state index contributed by atoms with van der Waals surface area (Å²) >= 11 is 0. The third-order valence-corrected chi connectivity index (χ3v) is 4.95. The molecule has 1 aliphatic heterocycles. The summed E-state index contributed by atoms with van der Waals surface area (Å²) in [7, 11) is 0. The van der Waals surface area contributed by atoms with E-state index in [1.807, 2.05) is 74.5 Å². The molecule has 0 unspecified atom stereocenters. The molecule has 1 heterocycles. The van der Waals surface area contributed by atoms with Crippen LogP contribution >= 0.6 is 0 Å². The van der Waals surface area contributed by atoms with Crippen molar-refractivity contribution in [3.05, 3.63) is 71.8 Å². The van der Waals surface area contributed by atoms with Gasteiger partial charge in [-0.05, 0) is 24.5 Å². The number of urea groups is 1. The molecule has 6 nitrogen and oxygen atoms in total. The monoisotopic (exact) mass is 365 g/mol.